The highest BCUT2D eigenvalue weighted by Gasteiger charge is 2.25. The van der Waals surface area contributed by atoms with E-state index in [1.54, 1.807) is 6.07 Å². The third-order valence-corrected chi connectivity index (χ3v) is 4.83. The van der Waals surface area contributed by atoms with Crippen LogP contribution in [0.15, 0.2) is 18.2 Å². The maximum Gasteiger partial charge on any atom is 0.141 e. The summed E-state index contributed by atoms with van der Waals surface area (Å²) in [6, 6.07) is 5.59. The highest BCUT2D eigenvalue weighted by atomic mass is 35.5. The predicted octanol–water partition coefficient (Wildman–Crippen LogP) is 4.83. The fourth-order valence-electron chi connectivity index (χ4n) is 3.28. The molecular weight excluding hydrogens is 273 g/mol. The molecule has 0 heterocycles. The van der Waals surface area contributed by atoms with E-state index in [0.717, 1.165) is 30.4 Å². The van der Waals surface area contributed by atoms with E-state index in [2.05, 4.69) is 19.2 Å². The molecule has 20 heavy (non-hydrogen) atoms. The van der Waals surface area contributed by atoms with Crippen molar-refractivity contribution in [3.63, 3.8) is 0 Å². The number of hydrogen-bond donors (Lipinski definition) is 1. The summed E-state index contributed by atoms with van der Waals surface area (Å²) in [5.74, 6) is 1.27. The Morgan fingerprint density at radius 2 is 2.00 bits per heavy atom. The Kier molecular flexibility index (Phi) is 5.86. The summed E-state index contributed by atoms with van der Waals surface area (Å²) in [5, 5.41) is 3.84. The van der Waals surface area contributed by atoms with Crippen LogP contribution in [-0.2, 0) is 6.42 Å². The molecule has 0 spiro atoms. The van der Waals surface area contributed by atoms with Gasteiger partial charge in [0.25, 0.3) is 0 Å². The Balaban J connectivity index is 2.02. The quantitative estimate of drug-likeness (QED) is 0.821. The zero-order valence-electron chi connectivity index (χ0n) is 12.5. The van der Waals surface area contributed by atoms with Crippen molar-refractivity contribution in [3.8, 4) is 0 Å². The number of rotatable bonds is 5. The van der Waals surface area contributed by atoms with Crippen LogP contribution in [0.2, 0.25) is 5.02 Å². The molecule has 1 aromatic rings. The molecule has 1 aliphatic rings. The summed E-state index contributed by atoms with van der Waals surface area (Å²) in [4.78, 5) is 0. The molecule has 2 rings (SSSR count). The lowest BCUT2D eigenvalue weighted by atomic mass is 9.77. The minimum atomic E-state index is -0.332. The van der Waals surface area contributed by atoms with Gasteiger partial charge < -0.3 is 5.32 Å². The molecule has 112 valence electrons. The van der Waals surface area contributed by atoms with Gasteiger partial charge in [-0.2, -0.15) is 0 Å². The lowest BCUT2D eigenvalue weighted by Gasteiger charge is -2.33. The third-order valence-electron chi connectivity index (χ3n) is 4.54. The second-order valence-electron chi connectivity index (χ2n) is 6.14. The van der Waals surface area contributed by atoms with Gasteiger partial charge in [0, 0.05) is 6.04 Å². The molecule has 1 saturated carbocycles. The molecule has 0 amide bonds. The number of likely N-dealkylation sites (N-methyl/N-ethyl adjacent to an activating group) is 1. The molecule has 3 heteroatoms. The first-order chi connectivity index (χ1) is 9.60. The van der Waals surface area contributed by atoms with Crippen LogP contribution in [0.5, 0.6) is 0 Å². The molecule has 1 fully saturated rings. The van der Waals surface area contributed by atoms with Crippen LogP contribution < -0.4 is 5.32 Å². The van der Waals surface area contributed by atoms with Crippen LogP contribution in [0.4, 0.5) is 4.39 Å². The number of nitrogens with one attached hydrogen (secondary N) is 1. The van der Waals surface area contributed by atoms with Crippen molar-refractivity contribution in [3.05, 3.63) is 34.6 Å². The van der Waals surface area contributed by atoms with Gasteiger partial charge in [-0.15, -0.1) is 0 Å². The molecule has 0 aliphatic heterocycles. The van der Waals surface area contributed by atoms with Crippen molar-refractivity contribution in [2.75, 3.05) is 6.54 Å². The summed E-state index contributed by atoms with van der Waals surface area (Å²) in [6.45, 7) is 5.47. The maximum atomic E-state index is 13.2. The summed E-state index contributed by atoms with van der Waals surface area (Å²) in [5.41, 5.74) is 1.13. The van der Waals surface area contributed by atoms with Crippen molar-refractivity contribution >= 4 is 11.6 Å². The van der Waals surface area contributed by atoms with Gasteiger partial charge in [0.1, 0.15) is 5.82 Å². The van der Waals surface area contributed by atoms with E-state index in [1.165, 1.54) is 31.7 Å². The second-order valence-corrected chi connectivity index (χ2v) is 6.54. The van der Waals surface area contributed by atoms with Gasteiger partial charge in [-0.1, -0.05) is 44.4 Å². The third kappa shape index (κ3) is 4.20. The molecular formula is C17H25ClFN. The first-order valence-electron chi connectivity index (χ1n) is 7.77. The first-order valence-corrected chi connectivity index (χ1v) is 8.15. The molecule has 1 aromatic carbocycles. The average Bonchev–Trinajstić information content (AvgIpc) is 2.43. The summed E-state index contributed by atoms with van der Waals surface area (Å²) in [7, 11) is 0. The zero-order chi connectivity index (χ0) is 14.5. The monoisotopic (exact) mass is 297 g/mol. The van der Waals surface area contributed by atoms with Crippen molar-refractivity contribution in [2.45, 2.75) is 52.0 Å². The summed E-state index contributed by atoms with van der Waals surface area (Å²) in [6.07, 6.45) is 6.20. The Labute approximate surface area is 126 Å². The molecule has 1 atom stereocenters. The van der Waals surface area contributed by atoms with Gasteiger partial charge >= 0.3 is 0 Å². The van der Waals surface area contributed by atoms with Crippen molar-refractivity contribution in [1.29, 1.82) is 0 Å². The van der Waals surface area contributed by atoms with Crippen LogP contribution in [0.1, 0.15) is 45.1 Å². The lowest BCUT2D eigenvalue weighted by molar-refractivity contribution is 0.230. The largest absolute Gasteiger partial charge is 0.314 e. The summed E-state index contributed by atoms with van der Waals surface area (Å²) < 4.78 is 13.2. The van der Waals surface area contributed by atoms with Gasteiger partial charge in [0.2, 0.25) is 0 Å². The average molecular weight is 298 g/mol. The Bertz CT molecular complexity index is 427. The number of benzene rings is 1. The predicted molar refractivity (Wildman–Crippen MR) is 83.7 cm³/mol. The molecule has 0 aromatic heterocycles. The standard InChI is InChI=1S/C17H25ClFN/c1-3-20-17(14-7-4-12(2)5-8-14)11-13-6-9-16(19)15(18)10-13/h6,9-10,12,14,17,20H,3-5,7-8,11H2,1-2H3. The molecule has 0 saturated heterocycles. The van der Waals surface area contributed by atoms with Gasteiger partial charge in [0.15, 0.2) is 0 Å². The smallest absolute Gasteiger partial charge is 0.141 e. The van der Waals surface area contributed by atoms with E-state index in [1.807, 2.05) is 6.07 Å². The lowest BCUT2D eigenvalue weighted by Crippen LogP contribution is -2.39. The van der Waals surface area contributed by atoms with Crippen LogP contribution >= 0.6 is 11.6 Å². The molecule has 1 aliphatic carbocycles. The minimum absolute atomic E-state index is 0.231. The van der Waals surface area contributed by atoms with E-state index < -0.39 is 0 Å². The van der Waals surface area contributed by atoms with E-state index in [4.69, 9.17) is 11.6 Å². The Morgan fingerprint density at radius 3 is 2.60 bits per heavy atom. The Hall–Kier alpha value is -0.600. The molecule has 0 bridgehead atoms. The van der Waals surface area contributed by atoms with Crippen molar-refractivity contribution in [1.82, 2.24) is 5.32 Å². The van der Waals surface area contributed by atoms with Gasteiger partial charge in [-0.05, 0) is 55.3 Å². The minimum Gasteiger partial charge on any atom is -0.314 e. The molecule has 1 N–H and O–H groups in total. The van der Waals surface area contributed by atoms with Crippen LogP contribution in [0.25, 0.3) is 0 Å². The molecule has 1 nitrogen and oxygen atoms in total. The topological polar surface area (TPSA) is 12.0 Å². The van der Waals surface area contributed by atoms with E-state index >= 15 is 0 Å². The van der Waals surface area contributed by atoms with Crippen LogP contribution in [-0.4, -0.2) is 12.6 Å². The van der Waals surface area contributed by atoms with E-state index in [0.29, 0.717) is 6.04 Å². The highest BCUT2D eigenvalue weighted by Crippen LogP contribution is 2.32. The fourth-order valence-corrected chi connectivity index (χ4v) is 3.48. The Morgan fingerprint density at radius 1 is 1.30 bits per heavy atom. The molecule has 0 radical (unpaired) electrons. The number of hydrogen-bond acceptors (Lipinski definition) is 1. The zero-order valence-corrected chi connectivity index (χ0v) is 13.2. The second kappa shape index (κ2) is 7.42. The SMILES string of the molecule is CCNC(Cc1ccc(F)c(Cl)c1)C1CCC(C)CC1. The molecule has 1 unspecified atom stereocenters. The van der Waals surface area contributed by atoms with E-state index in [9.17, 15) is 4.39 Å². The van der Waals surface area contributed by atoms with E-state index in [-0.39, 0.29) is 10.8 Å². The van der Waals surface area contributed by atoms with Gasteiger partial charge in [-0.25, -0.2) is 4.39 Å². The van der Waals surface area contributed by atoms with Gasteiger partial charge in [0.05, 0.1) is 5.02 Å². The van der Waals surface area contributed by atoms with Gasteiger partial charge in [-0.3, -0.25) is 0 Å². The normalized spacial score (nSPS) is 24.6. The maximum absolute atomic E-state index is 13.2. The van der Waals surface area contributed by atoms with Crippen molar-refractivity contribution in [2.24, 2.45) is 11.8 Å². The van der Waals surface area contributed by atoms with Crippen LogP contribution in [0.3, 0.4) is 0 Å². The fraction of sp³-hybridized carbons (Fsp3) is 0.647. The number of halogens is 2. The summed E-state index contributed by atoms with van der Waals surface area (Å²) >= 11 is 5.88. The first kappa shape index (κ1) is 15.8. The van der Waals surface area contributed by atoms with Crippen molar-refractivity contribution < 1.29 is 4.39 Å². The highest BCUT2D eigenvalue weighted by molar-refractivity contribution is 6.30. The van der Waals surface area contributed by atoms with Crippen LogP contribution in [0, 0.1) is 17.7 Å².